The summed E-state index contributed by atoms with van der Waals surface area (Å²) < 4.78 is 20.6. The molecule has 0 aliphatic carbocycles. The van der Waals surface area contributed by atoms with Crippen LogP contribution in [-0.4, -0.2) is 26.5 Å². The number of aromatic nitrogens is 4. The average molecular weight is 264 g/mol. The molecule has 0 aromatic carbocycles. The van der Waals surface area contributed by atoms with Crippen LogP contribution in [0, 0.1) is 5.81 Å². The van der Waals surface area contributed by atoms with Gasteiger partial charge in [-0.25, -0.2) is 0 Å². The number of fused-ring (bicyclic) bond motifs is 1. The van der Waals surface area contributed by atoms with Crippen molar-refractivity contribution < 1.29 is 14.0 Å². The molecule has 0 amide bonds. The summed E-state index contributed by atoms with van der Waals surface area (Å²) in [6.45, 7) is 3.99. The average Bonchev–Trinajstić information content (AvgIpc) is 2.84. The first-order chi connectivity index (χ1) is 8.85. The molecule has 0 atom stereocenters. The van der Waals surface area contributed by atoms with Gasteiger partial charge in [0.05, 0.1) is 0 Å². The molecule has 92 valence electrons. The van der Waals surface area contributed by atoms with Gasteiger partial charge in [0.25, 0.3) is 0 Å². The van der Waals surface area contributed by atoms with E-state index in [-0.39, 0.29) is 19.8 Å². The Morgan fingerprint density at radius 3 is 3.22 bits per heavy atom. The molecule has 7 nitrogen and oxygen atoms in total. The van der Waals surface area contributed by atoms with Crippen molar-refractivity contribution in [3.8, 4) is 17.7 Å². The van der Waals surface area contributed by atoms with Crippen molar-refractivity contribution in [1.82, 2.24) is 19.9 Å². The van der Waals surface area contributed by atoms with Gasteiger partial charge in [-0.05, 0) is 0 Å². The third kappa shape index (κ3) is 2.77. The number of nitrogens with zero attached hydrogens (tertiary/aromatic N) is 3. The molecule has 1 N–H and O–H groups in total. The molecule has 0 radical (unpaired) electrons. The fraction of sp³-hybridized carbons (Fsp3) is 0.200. The van der Waals surface area contributed by atoms with Crippen molar-refractivity contribution in [3.63, 3.8) is 0 Å². The molecule has 18 heavy (non-hydrogen) atoms. The summed E-state index contributed by atoms with van der Waals surface area (Å²) in [6, 6.07) is 0.135. The summed E-state index contributed by atoms with van der Waals surface area (Å²) in [5, 5.41) is 0. The van der Waals surface area contributed by atoms with E-state index in [1.54, 1.807) is 6.08 Å². The third-order valence-corrected chi connectivity index (χ3v) is 2.13. The van der Waals surface area contributed by atoms with E-state index in [1.165, 1.54) is 6.33 Å². The van der Waals surface area contributed by atoms with Gasteiger partial charge in [-0.3, -0.25) is 0 Å². The van der Waals surface area contributed by atoms with E-state index in [0.717, 1.165) is 0 Å². The monoisotopic (exact) mass is 264 g/mol. The number of imidazole rings is 1. The van der Waals surface area contributed by atoms with Crippen LogP contribution in [0.3, 0.4) is 0 Å². The molecular weight excluding hydrogens is 255 g/mol. The molecule has 0 bridgehead atoms. The first-order valence-electron chi connectivity index (χ1n) is 5.04. The second kappa shape index (κ2) is 6.00. The van der Waals surface area contributed by atoms with Crippen molar-refractivity contribution in [2.75, 3.05) is 6.61 Å². The Kier molecular flexibility index (Phi) is 4.12. The van der Waals surface area contributed by atoms with Crippen LogP contribution in [0.25, 0.3) is 11.2 Å². The molecule has 0 saturated carbocycles. The molecule has 0 unspecified atom stereocenters. The third-order valence-electron chi connectivity index (χ3n) is 1.96. The molecule has 2 aromatic heterocycles. The summed E-state index contributed by atoms with van der Waals surface area (Å²) in [6.07, 6.45) is 3.85. The first kappa shape index (κ1) is 12.4. The van der Waals surface area contributed by atoms with Crippen molar-refractivity contribution in [2.45, 2.75) is 6.42 Å². The summed E-state index contributed by atoms with van der Waals surface area (Å²) in [7, 11) is -0.373. The molecule has 0 spiro atoms. The Morgan fingerprint density at radius 1 is 1.56 bits per heavy atom. The van der Waals surface area contributed by atoms with E-state index < -0.39 is 0 Å². The van der Waals surface area contributed by atoms with Gasteiger partial charge in [-0.1, -0.05) is 0 Å². The Bertz CT molecular complexity index is 664. The second-order valence-electron chi connectivity index (χ2n) is 3.12. The number of rotatable bonds is 5. The van der Waals surface area contributed by atoms with Crippen LogP contribution in [0.1, 0.15) is 6.42 Å². The normalized spacial score (nSPS) is 9.78. The van der Waals surface area contributed by atoms with Gasteiger partial charge >= 0.3 is 103 Å². The van der Waals surface area contributed by atoms with E-state index >= 15 is 0 Å². The fourth-order valence-electron chi connectivity index (χ4n) is 1.22. The van der Waals surface area contributed by atoms with Crippen LogP contribution in [0.5, 0.6) is 11.9 Å². The van der Waals surface area contributed by atoms with Crippen molar-refractivity contribution >= 4 is 19.1 Å². The van der Waals surface area contributed by atoms with Crippen LogP contribution in [0.15, 0.2) is 19.0 Å². The summed E-state index contributed by atoms with van der Waals surface area (Å²) >= 11 is 0. The quantitative estimate of drug-likeness (QED) is 0.504. The van der Waals surface area contributed by atoms with E-state index in [2.05, 4.69) is 32.3 Å². The molecule has 2 aromatic rings. The molecule has 2 heterocycles. The molecular formula is C10H9N4O3P. The van der Waals surface area contributed by atoms with E-state index in [1.807, 2.05) is 0 Å². The van der Waals surface area contributed by atoms with Gasteiger partial charge in [-0.2, -0.15) is 0 Å². The maximum atomic E-state index is 10.3. The van der Waals surface area contributed by atoms with E-state index in [0.29, 0.717) is 24.2 Å². The summed E-state index contributed by atoms with van der Waals surface area (Å²) in [5.74, 6) is 2.31. The van der Waals surface area contributed by atoms with Crippen LogP contribution >= 0.6 is 7.92 Å². The van der Waals surface area contributed by atoms with E-state index in [4.69, 9.17) is 9.47 Å². The molecule has 0 aliphatic rings. The van der Waals surface area contributed by atoms with Gasteiger partial charge in [0.15, 0.2) is 0 Å². The van der Waals surface area contributed by atoms with Gasteiger partial charge in [0, 0.05) is 0 Å². The number of nitrogens with one attached hydrogen (secondary N) is 1. The number of hydrogen-bond acceptors (Lipinski definition) is 6. The van der Waals surface area contributed by atoms with Crippen molar-refractivity contribution in [3.05, 3.63) is 19.0 Å². The maximum absolute atomic E-state index is 10.3. The molecule has 8 heteroatoms. The minimum atomic E-state index is -0.373. The molecule has 0 aliphatic heterocycles. The van der Waals surface area contributed by atoms with Gasteiger partial charge < -0.3 is 0 Å². The Morgan fingerprint density at radius 2 is 2.44 bits per heavy atom. The van der Waals surface area contributed by atoms with Gasteiger partial charge in [0.2, 0.25) is 0 Å². The predicted molar refractivity (Wildman–Crippen MR) is 64.1 cm³/mol. The number of H-pyrrole nitrogens is 1. The second-order valence-corrected chi connectivity index (χ2v) is 3.49. The van der Waals surface area contributed by atoms with Crippen LogP contribution < -0.4 is 9.47 Å². The van der Waals surface area contributed by atoms with Crippen LogP contribution in [-0.2, 0) is 4.57 Å². The topological polar surface area (TPSA) is 90.0 Å². The van der Waals surface area contributed by atoms with Crippen molar-refractivity contribution in [1.29, 1.82) is 0 Å². The molecule has 0 fully saturated rings. The molecule has 0 saturated heterocycles. The number of aromatic amines is 1. The summed E-state index contributed by atoms with van der Waals surface area (Å²) in [5.41, 5.74) is 0.889. The predicted octanol–water partition coefficient (Wildman–Crippen LogP) is 1.89. The number of ether oxygens (including phenoxy) is 2. The zero-order chi connectivity index (χ0) is 12.8. The minimum absolute atomic E-state index is 0.135. The zero-order valence-corrected chi connectivity index (χ0v) is 10.2. The van der Waals surface area contributed by atoms with E-state index in [9.17, 15) is 4.57 Å². The van der Waals surface area contributed by atoms with Crippen molar-refractivity contribution in [2.24, 2.45) is 0 Å². The molecule has 2 rings (SSSR count). The van der Waals surface area contributed by atoms with Crippen LogP contribution in [0.4, 0.5) is 0 Å². The SMILES string of the molecule is C=CCCOc1nc(OC#P=O)c2[nH]cnc2n1. The zero-order valence-electron chi connectivity index (χ0n) is 9.29. The first-order valence-corrected chi connectivity index (χ1v) is 5.85. The Labute approximate surface area is 103 Å². The summed E-state index contributed by atoms with van der Waals surface area (Å²) in [4.78, 5) is 14.9. The van der Waals surface area contributed by atoms with Crippen LogP contribution in [0.2, 0.25) is 0 Å². The fourth-order valence-corrected chi connectivity index (χ4v) is 1.35. The van der Waals surface area contributed by atoms with Gasteiger partial charge in [0.1, 0.15) is 0 Å². The number of hydrogen-bond donors (Lipinski definition) is 1. The Balaban J connectivity index is 2.32. The van der Waals surface area contributed by atoms with Gasteiger partial charge in [-0.15, -0.1) is 0 Å². The standard InChI is InChI=1S/C10H9N4O3P/c1-2-3-4-16-10-13-8-7(11-5-12-8)9(14-10)17-6-18-15/h2,5H,1,3-4H2,(H,11,12,13,14). The Hall–Kier alpha value is -2.10.